The molecule has 1 amide bonds. The Bertz CT molecular complexity index is 335. The third-order valence-corrected chi connectivity index (χ3v) is 2.34. The Morgan fingerprint density at radius 3 is 2.93 bits per heavy atom. The monoisotopic (exact) mass is 230 g/mol. The van der Waals surface area contributed by atoms with Gasteiger partial charge in [0.2, 0.25) is 0 Å². The van der Waals surface area contributed by atoms with Crippen molar-refractivity contribution in [2.45, 2.75) is 19.5 Å². The van der Waals surface area contributed by atoms with Crippen molar-refractivity contribution in [3.8, 4) is 0 Å². The third kappa shape index (κ3) is 2.70. The van der Waals surface area contributed by atoms with Crippen molar-refractivity contribution in [2.24, 2.45) is 0 Å². The molecule has 1 aromatic rings. The van der Waals surface area contributed by atoms with Crippen molar-refractivity contribution >= 4 is 18.3 Å². The lowest BCUT2D eigenvalue weighted by molar-refractivity contribution is 0.0924. The number of aryl methyl sites for hydroxylation is 1. The van der Waals surface area contributed by atoms with Gasteiger partial charge >= 0.3 is 0 Å². The van der Waals surface area contributed by atoms with Crippen LogP contribution in [0.25, 0.3) is 0 Å². The molecule has 0 saturated carbocycles. The number of hydrogen-bond acceptors (Lipinski definition) is 3. The fraction of sp³-hybridized carbons (Fsp3) is 0.556. The molecule has 0 aliphatic carbocycles. The Balaban J connectivity index is 0.00000112. The molecule has 1 saturated heterocycles. The van der Waals surface area contributed by atoms with E-state index in [4.69, 9.17) is 0 Å². The number of carbonyl (C=O) groups excluding carboxylic acids is 1. The molecule has 0 spiro atoms. The van der Waals surface area contributed by atoms with E-state index < -0.39 is 0 Å². The first kappa shape index (κ1) is 12.0. The lowest BCUT2D eigenvalue weighted by atomic mass is 10.2. The van der Waals surface area contributed by atoms with Crippen molar-refractivity contribution in [3.63, 3.8) is 0 Å². The number of halogens is 1. The highest BCUT2D eigenvalue weighted by Gasteiger charge is 2.19. The van der Waals surface area contributed by atoms with Crippen LogP contribution in [0, 0.1) is 0 Å². The van der Waals surface area contributed by atoms with Crippen LogP contribution in [0.15, 0.2) is 12.4 Å². The number of nitrogens with one attached hydrogen (secondary N) is 2. The molecule has 6 heteroatoms. The summed E-state index contributed by atoms with van der Waals surface area (Å²) in [6.45, 7) is 4.52. The molecule has 0 radical (unpaired) electrons. The van der Waals surface area contributed by atoms with Crippen LogP contribution < -0.4 is 10.6 Å². The summed E-state index contributed by atoms with van der Waals surface area (Å²) in [6, 6.07) is 0.285. The highest BCUT2D eigenvalue weighted by molar-refractivity contribution is 5.93. The van der Waals surface area contributed by atoms with E-state index in [1.807, 2.05) is 6.92 Å². The van der Waals surface area contributed by atoms with Crippen LogP contribution >= 0.6 is 12.4 Å². The molecule has 0 aromatic carbocycles. The van der Waals surface area contributed by atoms with E-state index in [2.05, 4.69) is 15.7 Å². The zero-order valence-electron chi connectivity index (χ0n) is 8.56. The van der Waals surface area contributed by atoms with Gasteiger partial charge in [-0.05, 0) is 6.92 Å². The second-order valence-electron chi connectivity index (χ2n) is 3.41. The summed E-state index contributed by atoms with van der Waals surface area (Å²) in [7, 11) is 0. The van der Waals surface area contributed by atoms with Crippen molar-refractivity contribution < 1.29 is 4.79 Å². The normalized spacial score (nSPS) is 15.3. The van der Waals surface area contributed by atoms with Gasteiger partial charge in [-0.15, -0.1) is 12.4 Å². The largest absolute Gasteiger partial charge is 0.347 e. The molecule has 1 fully saturated rings. The van der Waals surface area contributed by atoms with Gasteiger partial charge in [-0.25, -0.2) is 0 Å². The topological polar surface area (TPSA) is 59.0 Å². The number of carbonyl (C=O) groups is 1. The number of aromatic nitrogens is 2. The molecule has 1 aromatic heterocycles. The lowest BCUT2D eigenvalue weighted by Crippen LogP contribution is -2.56. The van der Waals surface area contributed by atoms with Gasteiger partial charge in [-0.2, -0.15) is 5.10 Å². The van der Waals surface area contributed by atoms with E-state index in [0.717, 1.165) is 19.6 Å². The van der Waals surface area contributed by atoms with Gasteiger partial charge < -0.3 is 10.6 Å². The van der Waals surface area contributed by atoms with Crippen LogP contribution in [-0.4, -0.2) is 34.8 Å². The average Bonchev–Trinajstić information content (AvgIpc) is 2.59. The maximum absolute atomic E-state index is 11.6. The second kappa shape index (κ2) is 5.14. The minimum Gasteiger partial charge on any atom is -0.347 e. The Morgan fingerprint density at radius 2 is 2.47 bits per heavy atom. The molecule has 2 rings (SSSR count). The summed E-state index contributed by atoms with van der Waals surface area (Å²) in [5, 5.41) is 10.1. The maximum Gasteiger partial charge on any atom is 0.254 e. The quantitative estimate of drug-likeness (QED) is 0.770. The van der Waals surface area contributed by atoms with Crippen LogP contribution in [0.3, 0.4) is 0 Å². The minimum absolute atomic E-state index is 0. The van der Waals surface area contributed by atoms with E-state index in [0.29, 0.717) is 5.56 Å². The molecule has 15 heavy (non-hydrogen) atoms. The molecule has 0 atom stereocenters. The first-order chi connectivity index (χ1) is 6.79. The van der Waals surface area contributed by atoms with Gasteiger partial charge in [0, 0.05) is 25.8 Å². The van der Waals surface area contributed by atoms with E-state index in [1.54, 1.807) is 17.1 Å². The summed E-state index contributed by atoms with van der Waals surface area (Å²) < 4.78 is 1.74. The Kier molecular flexibility index (Phi) is 4.11. The number of amides is 1. The lowest BCUT2D eigenvalue weighted by Gasteiger charge is -2.27. The molecular formula is C9H15ClN4O. The SMILES string of the molecule is CCn1cc(C(=O)NC2CNC2)cn1.Cl. The van der Waals surface area contributed by atoms with Crippen LogP contribution in [0.2, 0.25) is 0 Å². The van der Waals surface area contributed by atoms with Crippen molar-refractivity contribution in [1.29, 1.82) is 0 Å². The summed E-state index contributed by atoms with van der Waals surface area (Å²) in [5.74, 6) is -0.0313. The number of rotatable bonds is 3. The predicted molar refractivity (Wildman–Crippen MR) is 59.3 cm³/mol. The second-order valence-corrected chi connectivity index (χ2v) is 3.41. The van der Waals surface area contributed by atoms with E-state index in [-0.39, 0.29) is 24.4 Å². The summed E-state index contributed by atoms with van der Waals surface area (Å²) in [6.07, 6.45) is 3.37. The standard InChI is InChI=1S/C9H14N4O.ClH/c1-2-13-6-7(3-11-13)9(14)12-8-4-10-5-8;/h3,6,8,10H,2,4-5H2,1H3,(H,12,14);1H. The molecular weight excluding hydrogens is 216 g/mol. The highest BCUT2D eigenvalue weighted by atomic mass is 35.5. The van der Waals surface area contributed by atoms with Crippen molar-refractivity contribution in [2.75, 3.05) is 13.1 Å². The Labute approximate surface area is 94.6 Å². The van der Waals surface area contributed by atoms with Gasteiger partial charge in [0.1, 0.15) is 0 Å². The fourth-order valence-corrected chi connectivity index (χ4v) is 1.31. The third-order valence-electron chi connectivity index (χ3n) is 2.34. The van der Waals surface area contributed by atoms with Crippen molar-refractivity contribution in [3.05, 3.63) is 18.0 Å². The minimum atomic E-state index is -0.0313. The van der Waals surface area contributed by atoms with Gasteiger partial charge in [0.15, 0.2) is 0 Å². The predicted octanol–water partition coefficient (Wildman–Crippen LogP) is 0.0264. The number of hydrogen-bond donors (Lipinski definition) is 2. The fourth-order valence-electron chi connectivity index (χ4n) is 1.31. The van der Waals surface area contributed by atoms with Crippen LogP contribution in [0.4, 0.5) is 0 Å². The number of nitrogens with zero attached hydrogens (tertiary/aromatic N) is 2. The van der Waals surface area contributed by atoms with Crippen LogP contribution in [0.5, 0.6) is 0 Å². The molecule has 84 valence electrons. The molecule has 0 unspecified atom stereocenters. The Morgan fingerprint density at radius 1 is 1.73 bits per heavy atom. The van der Waals surface area contributed by atoms with Gasteiger partial charge in [-0.1, -0.05) is 0 Å². The summed E-state index contributed by atoms with van der Waals surface area (Å²) >= 11 is 0. The molecule has 0 bridgehead atoms. The van der Waals surface area contributed by atoms with Gasteiger partial charge in [0.05, 0.1) is 17.8 Å². The smallest absolute Gasteiger partial charge is 0.254 e. The molecule has 5 nitrogen and oxygen atoms in total. The van der Waals surface area contributed by atoms with Crippen LogP contribution in [-0.2, 0) is 6.54 Å². The van der Waals surface area contributed by atoms with Crippen LogP contribution in [0.1, 0.15) is 17.3 Å². The molecule has 2 heterocycles. The average molecular weight is 231 g/mol. The van der Waals surface area contributed by atoms with Gasteiger partial charge in [0.25, 0.3) is 5.91 Å². The first-order valence-corrected chi connectivity index (χ1v) is 4.83. The van der Waals surface area contributed by atoms with Gasteiger partial charge in [-0.3, -0.25) is 9.48 Å². The van der Waals surface area contributed by atoms with E-state index in [9.17, 15) is 4.79 Å². The molecule has 2 N–H and O–H groups in total. The highest BCUT2D eigenvalue weighted by Crippen LogP contribution is 1.99. The van der Waals surface area contributed by atoms with E-state index in [1.165, 1.54) is 0 Å². The molecule has 1 aliphatic heterocycles. The first-order valence-electron chi connectivity index (χ1n) is 4.83. The summed E-state index contributed by atoms with van der Waals surface area (Å²) in [4.78, 5) is 11.6. The zero-order chi connectivity index (χ0) is 9.97. The molecule has 1 aliphatic rings. The Hall–Kier alpha value is -1.07. The zero-order valence-corrected chi connectivity index (χ0v) is 9.38. The summed E-state index contributed by atoms with van der Waals surface area (Å²) in [5.41, 5.74) is 0.638. The maximum atomic E-state index is 11.6. The van der Waals surface area contributed by atoms with Crippen molar-refractivity contribution in [1.82, 2.24) is 20.4 Å². The van der Waals surface area contributed by atoms with E-state index >= 15 is 0 Å².